The second kappa shape index (κ2) is 5.71. The number of nitrogens with zero attached hydrogens (tertiary/aromatic N) is 1. The van der Waals surface area contributed by atoms with Crippen molar-refractivity contribution in [1.82, 2.24) is 10.5 Å². The normalized spacial score (nSPS) is 14.2. The van der Waals surface area contributed by atoms with Crippen LogP contribution < -0.4 is 5.32 Å². The van der Waals surface area contributed by atoms with Crippen molar-refractivity contribution < 1.29 is 9.32 Å². The van der Waals surface area contributed by atoms with E-state index in [1.54, 1.807) is 11.8 Å². The van der Waals surface area contributed by atoms with E-state index in [0.29, 0.717) is 11.8 Å². The Balaban J connectivity index is 1.70. The number of carbonyl (C=O) groups is 1. The van der Waals surface area contributed by atoms with E-state index < -0.39 is 0 Å². The van der Waals surface area contributed by atoms with E-state index in [4.69, 9.17) is 4.52 Å². The Morgan fingerprint density at radius 3 is 2.95 bits per heavy atom. The third-order valence-electron chi connectivity index (χ3n) is 3.09. The molecule has 1 fully saturated rings. The van der Waals surface area contributed by atoms with E-state index in [-0.39, 0.29) is 5.91 Å². The van der Waals surface area contributed by atoms with Crippen molar-refractivity contribution in [3.8, 4) is 0 Å². The molecular formula is C15H16N2O2S. The zero-order chi connectivity index (χ0) is 13.9. The molecule has 5 heteroatoms. The van der Waals surface area contributed by atoms with Crippen LogP contribution >= 0.6 is 11.8 Å². The minimum Gasteiger partial charge on any atom is -0.360 e. The third-order valence-corrected chi connectivity index (χ3v) is 4.19. The molecule has 0 spiro atoms. The predicted octanol–water partition coefficient (Wildman–Crippen LogP) is 3.17. The third kappa shape index (κ3) is 3.22. The Labute approximate surface area is 121 Å². The smallest absolute Gasteiger partial charge is 0.252 e. The topological polar surface area (TPSA) is 55.1 Å². The maximum absolute atomic E-state index is 12.2. The average Bonchev–Trinajstić information content (AvgIpc) is 3.17. The first-order valence-corrected chi connectivity index (χ1v) is 7.66. The van der Waals surface area contributed by atoms with Crippen LogP contribution in [0.25, 0.3) is 0 Å². The zero-order valence-corrected chi connectivity index (χ0v) is 12.1. The van der Waals surface area contributed by atoms with Crippen LogP contribution in [-0.4, -0.2) is 17.1 Å². The molecule has 104 valence electrons. The first-order chi connectivity index (χ1) is 9.72. The van der Waals surface area contributed by atoms with Gasteiger partial charge in [0.25, 0.3) is 5.91 Å². The summed E-state index contributed by atoms with van der Waals surface area (Å²) in [4.78, 5) is 13.1. The molecular weight excluding hydrogens is 272 g/mol. The van der Waals surface area contributed by atoms with Gasteiger partial charge in [0.15, 0.2) is 0 Å². The van der Waals surface area contributed by atoms with Crippen molar-refractivity contribution in [3.05, 3.63) is 47.3 Å². The van der Waals surface area contributed by atoms with Gasteiger partial charge >= 0.3 is 0 Å². The average molecular weight is 288 g/mol. The van der Waals surface area contributed by atoms with Crippen LogP contribution in [-0.2, 0) is 5.75 Å². The second-order valence-electron chi connectivity index (χ2n) is 4.97. The molecule has 1 saturated carbocycles. The Hall–Kier alpha value is -1.75. The van der Waals surface area contributed by atoms with Gasteiger partial charge in [0.1, 0.15) is 5.76 Å². The number of carbonyl (C=O) groups excluding carboxylic acids is 1. The number of thioether (sulfide) groups is 1. The van der Waals surface area contributed by atoms with Crippen molar-refractivity contribution in [2.45, 2.75) is 36.5 Å². The highest BCUT2D eigenvalue weighted by molar-refractivity contribution is 7.98. The summed E-state index contributed by atoms with van der Waals surface area (Å²) in [7, 11) is 0. The fourth-order valence-electron chi connectivity index (χ4n) is 1.90. The van der Waals surface area contributed by atoms with Gasteiger partial charge in [-0.05, 0) is 31.9 Å². The minimum atomic E-state index is 0.0179. The van der Waals surface area contributed by atoms with Gasteiger partial charge in [0.2, 0.25) is 0 Å². The Morgan fingerprint density at radius 1 is 1.45 bits per heavy atom. The van der Waals surface area contributed by atoms with E-state index in [9.17, 15) is 4.79 Å². The summed E-state index contributed by atoms with van der Waals surface area (Å²) in [5.41, 5.74) is 1.61. The van der Waals surface area contributed by atoms with Gasteiger partial charge < -0.3 is 9.84 Å². The van der Waals surface area contributed by atoms with Crippen molar-refractivity contribution in [3.63, 3.8) is 0 Å². The fourth-order valence-corrected chi connectivity index (χ4v) is 2.83. The summed E-state index contributed by atoms with van der Waals surface area (Å²) in [6, 6.07) is 9.96. The lowest BCUT2D eigenvalue weighted by molar-refractivity contribution is 0.0948. The van der Waals surface area contributed by atoms with E-state index in [1.165, 1.54) is 0 Å². The van der Waals surface area contributed by atoms with Crippen LogP contribution in [0.4, 0.5) is 0 Å². The van der Waals surface area contributed by atoms with Gasteiger partial charge in [0.05, 0.1) is 17.0 Å². The number of amides is 1. The highest BCUT2D eigenvalue weighted by Crippen LogP contribution is 2.27. The molecule has 3 rings (SSSR count). The molecule has 20 heavy (non-hydrogen) atoms. The molecule has 1 aromatic heterocycles. The quantitative estimate of drug-likeness (QED) is 0.859. The van der Waals surface area contributed by atoms with Crippen LogP contribution in [0.5, 0.6) is 0 Å². The molecule has 2 aromatic rings. The van der Waals surface area contributed by atoms with E-state index in [2.05, 4.69) is 10.5 Å². The number of aryl methyl sites for hydroxylation is 1. The zero-order valence-electron chi connectivity index (χ0n) is 11.3. The largest absolute Gasteiger partial charge is 0.360 e. The van der Waals surface area contributed by atoms with Gasteiger partial charge in [-0.3, -0.25) is 4.79 Å². The van der Waals surface area contributed by atoms with Gasteiger partial charge in [-0.1, -0.05) is 17.3 Å². The molecule has 0 atom stereocenters. The lowest BCUT2D eigenvalue weighted by Crippen LogP contribution is -2.25. The molecule has 1 aliphatic carbocycles. The van der Waals surface area contributed by atoms with Crippen molar-refractivity contribution >= 4 is 17.7 Å². The maximum atomic E-state index is 12.2. The van der Waals surface area contributed by atoms with Crippen LogP contribution in [0.15, 0.2) is 39.8 Å². The minimum absolute atomic E-state index is 0.0179. The number of aromatic nitrogens is 1. The summed E-state index contributed by atoms with van der Waals surface area (Å²) < 4.78 is 5.19. The lowest BCUT2D eigenvalue weighted by atomic mass is 10.2. The molecule has 0 aliphatic heterocycles. The summed E-state index contributed by atoms with van der Waals surface area (Å²) in [6.45, 7) is 1.90. The number of nitrogens with one attached hydrogen (secondary N) is 1. The van der Waals surface area contributed by atoms with E-state index >= 15 is 0 Å². The first kappa shape index (κ1) is 13.2. The summed E-state index contributed by atoms with van der Waals surface area (Å²) in [5.74, 6) is 1.52. The lowest BCUT2D eigenvalue weighted by Gasteiger charge is -2.08. The molecule has 1 amide bonds. The van der Waals surface area contributed by atoms with Crippen LogP contribution in [0.1, 0.15) is 34.7 Å². The maximum Gasteiger partial charge on any atom is 0.252 e. The van der Waals surface area contributed by atoms with Gasteiger partial charge in [-0.25, -0.2) is 0 Å². The van der Waals surface area contributed by atoms with Crippen LogP contribution in [0, 0.1) is 6.92 Å². The molecule has 1 aromatic carbocycles. The Morgan fingerprint density at radius 2 is 2.25 bits per heavy atom. The number of hydrogen-bond donors (Lipinski definition) is 1. The van der Waals surface area contributed by atoms with Crippen molar-refractivity contribution in [1.29, 1.82) is 0 Å². The number of hydrogen-bond acceptors (Lipinski definition) is 4. The highest BCUT2D eigenvalue weighted by Gasteiger charge is 2.24. The summed E-state index contributed by atoms with van der Waals surface area (Å²) in [5, 5.41) is 6.89. The molecule has 4 nitrogen and oxygen atoms in total. The van der Waals surface area contributed by atoms with E-state index in [1.807, 2.05) is 37.3 Å². The van der Waals surface area contributed by atoms with Crippen LogP contribution in [0.3, 0.4) is 0 Å². The number of benzene rings is 1. The van der Waals surface area contributed by atoms with Crippen LogP contribution in [0.2, 0.25) is 0 Å². The van der Waals surface area contributed by atoms with E-state index in [0.717, 1.165) is 34.8 Å². The highest BCUT2D eigenvalue weighted by atomic mass is 32.2. The molecule has 0 unspecified atom stereocenters. The Bertz CT molecular complexity index is 620. The second-order valence-corrected chi connectivity index (χ2v) is 5.98. The molecule has 0 bridgehead atoms. The molecule has 0 radical (unpaired) electrons. The summed E-state index contributed by atoms with van der Waals surface area (Å²) >= 11 is 1.59. The molecule has 1 N–H and O–H groups in total. The number of rotatable bonds is 5. The molecule has 0 saturated heterocycles. The van der Waals surface area contributed by atoms with Gasteiger partial charge in [-0.2, -0.15) is 0 Å². The molecule has 1 heterocycles. The first-order valence-electron chi connectivity index (χ1n) is 6.67. The fraction of sp³-hybridized carbons (Fsp3) is 0.333. The van der Waals surface area contributed by atoms with Crippen molar-refractivity contribution in [2.75, 3.05) is 0 Å². The van der Waals surface area contributed by atoms with Crippen molar-refractivity contribution in [2.24, 2.45) is 0 Å². The monoisotopic (exact) mass is 288 g/mol. The molecule has 1 aliphatic rings. The SMILES string of the molecule is Cc1cc(CSc2ccccc2C(=O)NC2CC2)on1. The van der Waals surface area contributed by atoms with Gasteiger partial charge in [0, 0.05) is 17.0 Å². The van der Waals surface area contributed by atoms with Gasteiger partial charge in [-0.15, -0.1) is 11.8 Å². The standard InChI is InChI=1S/C15H16N2O2S/c1-10-8-12(19-17-10)9-20-14-5-3-2-4-13(14)15(18)16-11-6-7-11/h2-5,8,11H,6-7,9H2,1H3,(H,16,18). The summed E-state index contributed by atoms with van der Waals surface area (Å²) in [6.07, 6.45) is 2.19. The predicted molar refractivity (Wildman–Crippen MR) is 77.7 cm³/mol. The Kier molecular flexibility index (Phi) is 3.78.